The van der Waals surface area contributed by atoms with Crippen LogP contribution in [0.2, 0.25) is 0 Å². The minimum absolute atomic E-state index is 0.0151. The van der Waals surface area contributed by atoms with Crippen molar-refractivity contribution in [2.24, 2.45) is 0 Å². The molecule has 4 heteroatoms. The van der Waals surface area contributed by atoms with Crippen molar-refractivity contribution in [3.05, 3.63) is 29.8 Å². The van der Waals surface area contributed by atoms with Gasteiger partial charge in [-0.1, -0.05) is 12.1 Å². The van der Waals surface area contributed by atoms with Crippen molar-refractivity contribution >= 4 is 11.7 Å². The zero-order valence-electron chi connectivity index (χ0n) is 9.72. The lowest BCUT2D eigenvalue weighted by atomic mass is 10.0. The maximum absolute atomic E-state index is 12.1. The molecule has 1 amide bonds. The van der Waals surface area contributed by atoms with Crippen LogP contribution in [0.15, 0.2) is 24.3 Å². The first-order chi connectivity index (χ1) is 8.11. The van der Waals surface area contributed by atoms with Crippen molar-refractivity contribution in [1.82, 2.24) is 4.90 Å². The number of nitrogens with zero attached hydrogens (tertiary/aromatic N) is 1. The van der Waals surface area contributed by atoms with Crippen LogP contribution in [0.3, 0.4) is 0 Å². The van der Waals surface area contributed by atoms with Gasteiger partial charge in [0, 0.05) is 13.0 Å². The molecular formula is C13H15NO3. The van der Waals surface area contributed by atoms with E-state index in [1.54, 1.807) is 30.0 Å². The van der Waals surface area contributed by atoms with Gasteiger partial charge in [0.1, 0.15) is 5.75 Å². The Morgan fingerprint density at radius 2 is 2.12 bits per heavy atom. The van der Waals surface area contributed by atoms with E-state index in [9.17, 15) is 14.7 Å². The van der Waals surface area contributed by atoms with Crippen LogP contribution < -0.4 is 0 Å². The van der Waals surface area contributed by atoms with Crippen LogP contribution in [0, 0.1) is 0 Å². The van der Waals surface area contributed by atoms with Gasteiger partial charge in [0.15, 0.2) is 5.78 Å². The summed E-state index contributed by atoms with van der Waals surface area (Å²) in [5, 5.41) is 9.61. The molecule has 90 valence electrons. The minimum Gasteiger partial charge on any atom is -0.507 e. The number of likely N-dealkylation sites (tertiary alicyclic amines) is 1. The van der Waals surface area contributed by atoms with E-state index in [1.165, 1.54) is 6.07 Å². The van der Waals surface area contributed by atoms with E-state index in [1.807, 2.05) is 0 Å². The fourth-order valence-electron chi connectivity index (χ4n) is 2.13. The van der Waals surface area contributed by atoms with E-state index in [4.69, 9.17) is 0 Å². The number of carbonyl (C=O) groups excluding carboxylic acids is 2. The molecule has 2 rings (SSSR count). The third-order valence-corrected chi connectivity index (χ3v) is 3.13. The molecule has 1 aliphatic rings. The van der Waals surface area contributed by atoms with Crippen LogP contribution in [0.5, 0.6) is 5.75 Å². The van der Waals surface area contributed by atoms with Gasteiger partial charge >= 0.3 is 0 Å². The van der Waals surface area contributed by atoms with Gasteiger partial charge in [-0.3, -0.25) is 9.59 Å². The Bertz CT molecular complexity index is 456. The van der Waals surface area contributed by atoms with Gasteiger partial charge in [0.25, 0.3) is 0 Å². The van der Waals surface area contributed by atoms with E-state index in [0.717, 1.165) is 6.42 Å². The lowest BCUT2D eigenvalue weighted by molar-refractivity contribution is -0.128. The summed E-state index contributed by atoms with van der Waals surface area (Å²) in [7, 11) is 0. The minimum atomic E-state index is -0.502. The van der Waals surface area contributed by atoms with Crippen LogP contribution in [0.4, 0.5) is 0 Å². The standard InChI is InChI=1S/C13H15NO3/c1-9(14-8-4-7-12(14)16)13(17)10-5-2-3-6-11(10)15/h2-3,5-6,9,15H,4,7-8H2,1H3. The van der Waals surface area contributed by atoms with E-state index in [2.05, 4.69) is 0 Å². The van der Waals surface area contributed by atoms with Gasteiger partial charge in [-0.25, -0.2) is 0 Å². The molecule has 0 bridgehead atoms. The summed E-state index contributed by atoms with van der Waals surface area (Å²) in [6.07, 6.45) is 1.32. The Morgan fingerprint density at radius 3 is 2.71 bits per heavy atom. The number of para-hydroxylation sites is 1. The average Bonchev–Trinajstić information content (AvgIpc) is 2.74. The molecule has 4 nitrogen and oxygen atoms in total. The molecule has 0 radical (unpaired) electrons. The fourth-order valence-corrected chi connectivity index (χ4v) is 2.13. The van der Waals surface area contributed by atoms with Gasteiger partial charge < -0.3 is 10.0 Å². The Kier molecular flexibility index (Phi) is 3.13. The first-order valence-electron chi connectivity index (χ1n) is 5.73. The quantitative estimate of drug-likeness (QED) is 0.806. The highest BCUT2D eigenvalue weighted by atomic mass is 16.3. The van der Waals surface area contributed by atoms with Crippen molar-refractivity contribution in [3.63, 3.8) is 0 Å². The zero-order chi connectivity index (χ0) is 12.4. The summed E-state index contributed by atoms with van der Waals surface area (Å²) in [5.41, 5.74) is 0.278. The van der Waals surface area contributed by atoms with Crippen molar-refractivity contribution in [3.8, 4) is 5.75 Å². The van der Waals surface area contributed by atoms with Crippen LogP contribution in [-0.4, -0.2) is 34.3 Å². The summed E-state index contributed by atoms with van der Waals surface area (Å²) in [6.45, 7) is 2.33. The molecule has 0 aromatic heterocycles. The maximum Gasteiger partial charge on any atom is 0.223 e. The molecule has 0 saturated carbocycles. The average molecular weight is 233 g/mol. The number of hydrogen-bond donors (Lipinski definition) is 1. The molecule has 0 spiro atoms. The number of hydrogen-bond acceptors (Lipinski definition) is 3. The van der Waals surface area contributed by atoms with Crippen molar-refractivity contribution in [2.45, 2.75) is 25.8 Å². The summed E-state index contributed by atoms with van der Waals surface area (Å²) < 4.78 is 0. The lowest BCUT2D eigenvalue weighted by Gasteiger charge is -2.23. The highest BCUT2D eigenvalue weighted by Gasteiger charge is 2.30. The molecule has 1 heterocycles. The van der Waals surface area contributed by atoms with Crippen molar-refractivity contribution in [2.75, 3.05) is 6.54 Å². The van der Waals surface area contributed by atoms with Gasteiger partial charge in [-0.15, -0.1) is 0 Å². The number of amides is 1. The summed E-state index contributed by atoms with van der Waals surface area (Å²) in [4.78, 5) is 25.3. The van der Waals surface area contributed by atoms with Crippen molar-refractivity contribution < 1.29 is 14.7 Å². The van der Waals surface area contributed by atoms with Crippen LogP contribution in [-0.2, 0) is 4.79 Å². The molecule has 1 atom stereocenters. The topological polar surface area (TPSA) is 57.6 Å². The molecular weight excluding hydrogens is 218 g/mol. The molecule has 1 aromatic carbocycles. The maximum atomic E-state index is 12.1. The first-order valence-corrected chi connectivity index (χ1v) is 5.73. The van der Waals surface area contributed by atoms with E-state index < -0.39 is 6.04 Å². The second-order valence-electron chi connectivity index (χ2n) is 4.25. The number of benzene rings is 1. The van der Waals surface area contributed by atoms with Gasteiger partial charge in [-0.05, 0) is 25.5 Å². The third-order valence-electron chi connectivity index (χ3n) is 3.13. The second-order valence-corrected chi connectivity index (χ2v) is 4.25. The molecule has 1 aliphatic heterocycles. The monoisotopic (exact) mass is 233 g/mol. The zero-order valence-corrected chi connectivity index (χ0v) is 9.72. The highest BCUT2D eigenvalue weighted by molar-refractivity contribution is 6.03. The molecule has 1 unspecified atom stereocenters. The normalized spacial score (nSPS) is 17.2. The Hall–Kier alpha value is -1.84. The predicted molar refractivity (Wildman–Crippen MR) is 62.8 cm³/mol. The fraction of sp³-hybridized carbons (Fsp3) is 0.385. The molecule has 1 N–H and O–H groups in total. The van der Waals surface area contributed by atoms with Gasteiger partial charge in [0.05, 0.1) is 11.6 Å². The number of aromatic hydroxyl groups is 1. The van der Waals surface area contributed by atoms with Crippen molar-refractivity contribution in [1.29, 1.82) is 0 Å². The van der Waals surface area contributed by atoms with Crippen LogP contribution in [0.1, 0.15) is 30.1 Å². The Balaban J connectivity index is 2.20. The van der Waals surface area contributed by atoms with Gasteiger partial charge in [-0.2, -0.15) is 0 Å². The van der Waals surface area contributed by atoms with E-state index >= 15 is 0 Å². The number of Topliss-reactive ketones (excluding diaryl/α,β-unsaturated/α-hetero) is 1. The second kappa shape index (κ2) is 4.57. The van der Waals surface area contributed by atoms with Gasteiger partial charge in [0.2, 0.25) is 5.91 Å². The summed E-state index contributed by atoms with van der Waals surface area (Å²) >= 11 is 0. The Morgan fingerprint density at radius 1 is 1.41 bits per heavy atom. The largest absolute Gasteiger partial charge is 0.507 e. The van der Waals surface area contributed by atoms with E-state index in [0.29, 0.717) is 13.0 Å². The summed E-state index contributed by atoms with van der Waals surface area (Å²) in [6, 6.07) is 5.92. The predicted octanol–water partition coefficient (Wildman–Crippen LogP) is 1.59. The molecule has 17 heavy (non-hydrogen) atoms. The molecule has 1 fully saturated rings. The lowest BCUT2D eigenvalue weighted by Crippen LogP contribution is -2.39. The number of phenols is 1. The molecule has 1 saturated heterocycles. The SMILES string of the molecule is CC(C(=O)c1ccccc1O)N1CCCC1=O. The first kappa shape index (κ1) is 11.6. The number of phenolic OH excluding ortho intramolecular Hbond substituents is 1. The smallest absolute Gasteiger partial charge is 0.223 e. The molecule has 1 aromatic rings. The highest BCUT2D eigenvalue weighted by Crippen LogP contribution is 2.21. The third kappa shape index (κ3) is 2.16. The van der Waals surface area contributed by atoms with Crippen LogP contribution >= 0.6 is 0 Å². The summed E-state index contributed by atoms with van der Waals surface area (Å²) in [5.74, 6) is -0.226. The van der Waals surface area contributed by atoms with Crippen LogP contribution in [0.25, 0.3) is 0 Å². The van der Waals surface area contributed by atoms with E-state index in [-0.39, 0.29) is 23.0 Å². The molecule has 0 aliphatic carbocycles. The number of carbonyl (C=O) groups is 2. The number of rotatable bonds is 3. The Labute approximate surface area is 99.9 Å². The number of ketones is 1.